The number of thioether (sulfide) groups is 1. The standard InChI is InChI=1S/C21H23N5OS/c27-19(23-18-10-4-5-11-18)15-28-21-25-24-20(17-9-6-12-22-13-17)26(21)14-16-7-2-1-3-8-16/h1-3,6-9,12-13,18H,4-5,10-11,14-15H2,(H,23,27). The second-order valence-corrected chi connectivity index (χ2v) is 7.90. The quantitative estimate of drug-likeness (QED) is 0.622. The topological polar surface area (TPSA) is 72.7 Å². The molecule has 1 aliphatic carbocycles. The van der Waals surface area contributed by atoms with E-state index in [9.17, 15) is 4.79 Å². The minimum absolute atomic E-state index is 0.0640. The molecule has 1 fully saturated rings. The summed E-state index contributed by atoms with van der Waals surface area (Å²) in [6, 6.07) is 14.4. The van der Waals surface area contributed by atoms with Crippen LogP contribution >= 0.6 is 11.8 Å². The van der Waals surface area contributed by atoms with Gasteiger partial charge < -0.3 is 5.32 Å². The van der Waals surface area contributed by atoms with E-state index in [2.05, 4.69) is 37.2 Å². The maximum atomic E-state index is 12.3. The molecule has 7 heteroatoms. The fourth-order valence-corrected chi connectivity index (χ4v) is 4.23. The summed E-state index contributed by atoms with van der Waals surface area (Å²) >= 11 is 1.43. The first kappa shape index (κ1) is 18.7. The summed E-state index contributed by atoms with van der Waals surface area (Å²) in [4.78, 5) is 16.5. The molecule has 6 nitrogen and oxygen atoms in total. The summed E-state index contributed by atoms with van der Waals surface area (Å²) < 4.78 is 2.06. The number of hydrogen-bond donors (Lipinski definition) is 1. The molecule has 1 aliphatic rings. The van der Waals surface area contributed by atoms with Crippen LogP contribution in [0.1, 0.15) is 31.2 Å². The molecule has 2 aromatic heterocycles. The van der Waals surface area contributed by atoms with Crippen LogP contribution in [0.15, 0.2) is 60.0 Å². The average Bonchev–Trinajstić information content (AvgIpc) is 3.38. The lowest BCUT2D eigenvalue weighted by molar-refractivity contribution is -0.119. The lowest BCUT2D eigenvalue weighted by Gasteiger charge is -2.12. The third-order valence-corrected chi connectivity index (χ3v) is 5.84. The van der Waals surface area contributed by atoms with Crippen LogP contribution < -0.4 is 5.32 Å². The summed E-state index contributed by atoms with van der Waals surface area (Å²) in [6.07, 6.45) is 8.12. The van der Waals surface area contributed by atoms with Crippen molar-refractivity contribution in [1.29, 1.82) is 0 Å². The Kier molecular flexibility index (Phi) is 6.01. The first-order chi connectivity index (χ1) is 13.8. The molecule has 0 saturated heterocycles. The predicted octanol–water partition coefficient (Wildman–Crippen LogP) is 3.54. The Balaban J connectivity index is 1.52. The monoisotopic (exact) mass is 393 g/mol. The van der Waals surface area contributed by atoms with Crippen molar-refractivity contribution in [2.45, 2.75) is 43.4 Å². The number of rotatable bonds is 7. The van der Waals surface area contributed by atoms with Crippen LogP contribution in [-0.2, 0) is 11.3 Å². The second-order valence-electron chi connectivity index (χ2n) is 6.96. The van der Waals surface area contributed by atoms with Crippen LogP contribution in [0.3, 0.4) is 0 Å². The largest absolute Gasteiger partial charge is 0.353 e. The van der Waals surface area contributed by atoms with E-state index >= 15 is 0 Å². The van der Waals surface area contributed by atoms with Gasteiger partial charge in [0.2, 0.25) is 5.91 Å². The molecule has 0 radical (unpaired) electrons. The van der Waals surface area contributed by atoms with Crippen LogP contribution in [0.2, 0.25) is 0 Å². The first-order valence-corrected chi connectivity index (χ1v) is 10.6. The van der Waals surface area contributed by atoms with Gasteiger partial charge in [0.15, 0.2) is 11.0 Å². The van der Waals surface area contributed by atoms with Crippen molar-refractivity contribution in [1.82, 2.24) is 25.1 Å². The molecular formula is C21H23N5OS. The van der Waals surface area contributed by atoms with Crippen molar-refractivity contribution in [3.63, 3.8) is 0 Å². The molecule has 0 bridgehead atoms. The van der Waals surface area contributed by atoms with Crippen LogP contribution in [0.4, 0.5) is 0 Å². The Morgan fingerprint density at radius 1 is 1.11 bits per heavy atom. The van der Waals surface area contributed by atoms with Crippen molar-refractivity contribution < 1.29 is 4.79 Å². The van der Waals surface area contributed by atoms with Crippen molar-refractivity contribution in [2.24, 2.45) is 0 Å². The van der Waals surface area contributed by atoms with E-state index in [1.165, 1.54) is 24.6 Å². The molecule has 3 aromatic rings. The normalized spacial score (nSPS) is 14.3. The molecule has 0 atom stereocenters. The number of nitrogens with one attached hydrogen (secondary N) is 1. The number of nitrogens with zero attached hydrogens (tertiary/aromatic N) is 4. The number of carbonyl (C=O) groups is 1. The first-order valence-electron chi connectivity index (χ1n) is 9.59. The van der Waals surface area contributed by atoms with Gasteiger partial charge in [-0.15, -0.1) is 10.2 Å². The van der Waals surface area contributed by atoms with Gasteiger partial charge in [-0.05, 0) is 30.5 Å². The van der Waals surface area contributed by atoms with Crippen molar-refractivity contribution in [3.8, 4) is 11.4 Å². The number of benzene rings is 1. The summed E-state index contributed by atoms with van der Waals surface area (Å²) in [5, 5.41) is 12.6. The molecule has 1 N–H and O–H groups in total. The molecule has 0 spiro atoms. The van der Waals surface area contributed by atoms with E-state index in [0.717, 1.165) is 34.9 Å². The number of carbonyl (C=O) groups excluding carboxylic acids is 1. The number of hydrogen-bond acceptors (Lipinski definition) is 5. The van der Waals surface area contributed by atoms with Gasteiger partial charge in [-0.2, -0.15) is 0 Å². The molecule has 2 heterocycles. The Labute approximate surface area is 168 Å². The maximum absolute atomic E-state index is 12.3. The number of amides is 1. The highest BCUT2D eigenvalue weighted by Crippen LogP contribution is 2.25. The maximum Gasteiger partial charge on any atom is 0.230 e. The SMILES string of the molecule is O=C(CSc1nnc(-c2cccnc2)n1Cc1ccccc1)NC1CCCC1. The van der Waals surface area contributed by atoms with Crippen LogP contribution in [0.5, 0.6) is 0 Å². The van der Waals surface area contributed by atoms with Gasteiger partial charge in [-0.25, -0.2) is 0 Å². The Bertz CT molecular complexity index is 907. The van der Waals surface area contributed by atoms with Crippen LogP contribution in [-0.4, -0.2) is 37.5 Å². The second kappa shape index (κ2) is 9.01. The average molecular weight is 394 g/mol. The van der Waals surface area contributed by atoms with Crippen molar-refractivity contribution in [3.05, 3.63) is 60.4 Å². The van der Waals surface area contributed by atoms with E-state index in [4.69, 9.17) is 0 Å². The third-order valence-electron chi connectivity index (χ3n) is 4.87. The lowest BCUT2D eigenvalue weighted by atomic mass is 10.2. The van der Waals surface area contributed by atoms with Gasteiger partial charge in [-0.3, -0.25) is 14.3 Å². The molecule has 0 unspecified atom stereocenters. The van der Waals surface area contributed by atoms with Gasteiger partial charge >= 0.3 is 0 Å². The molecule has 144 valence electrons. The van der Waals surface area contributed by atoms with Gasteiger partial charge in [0, 0.05) is 24.0 Å². The summed E-state index contributed by atoms with van der Waals surface area (Å²) in [6.45, 7) is 0.643. The zero-order chi connectivity index (χ0) is 19.2. The Hall–Kier alpha value is -2.67. The zero-order valence-electron chi connectivity index (χ0n) is 15.6. The fraction of sp³-hybridized carbons (Fsp3) is 0.333. The summed E-state index contributed by atoms with van der Waals surface area (Å²) in [7, 11) is 0. The summed E-state index contributed by atoms with van der Waals surface area (Å²) in [5.74, 6) is 1.17. The highest BCUT2D eigenvalue weighted by Gasteiger charge is 2.19. The number of pyridine rings is 1. The summed E-state index contributed by atoms with van der Waals surface area (Å²) in [5.41, 5.74) is 2.07. The van der Waals surface area contributed by atoms with Gasteiger partial charge in [-0.1, -0.05) is 54.9 Å². The molecule has 0 aliphatic heterocycles. The third kappa shape index (κ3) is 4.59. The van der Waals surface area contributed by atoms with Gasteiger partial charge in [0.25, 0.3) is 0 Å². The fourth-order valence-electron chi connectivity index (χ4n) is 3.48. The molecular weight excluding hydrogens is 370 g/mol. The smallest absolute Gasteiger partial charge is 0.230 e. The highest BCUT2D eigenvalue weighted by atomic mass is 32.2. The zero-order valence-corrected chi connectivity index (χ0v) is 16.4. The van der Waals surface area contributed by atoms with E-state index in [-0.39, 0.29) is 5.91 Å². The molecule has 1 amide bonds. The van der Waals surface area contributed by atoms with E-state index < -0.39 is 0 Å². The minimum atomic E-state index is 0.0640. The van der Waals surface area contributed by atoms with Crippen LogP contribution in [0.25, 0.3) is 11.4 Å². The van der Waals surface area contributed by atoms with Gasteiger partial charge in [0.1, 0.15) is 0 Å². The van der Waals surface area contributed by atoms with Crippen LogP contribution in [0, 0.1) is 0 Å². The van der Waals surface area contributed by atoms with E-state index in [0.29, 0.717) is 18.3 Å². The van der Waals surface area contributed by atoms with E-state index in [1.54, 1.807) is 12.4 Å². The predicted molar refractivity (Wildman–Crippen MR) is 110 cm³/mol. The Morgan fingerprint density at radius 3 is 2.68 bits per heavy atom. The lowest BCUT2D eigenvalue weighted by Crippen LogP contribution is -2.33. The van der Waals surface area contributed by atoms with Gasteiger partial charge in [0.05, 0.1) is 12.3 Å². The van der Waals surface area contributed by atoms with E-state index in [1.807, 2.05) is 30.3 Å². The van der Waals surface area contributed by atoms with Crippen molar-refractivity contribution in [2.75, 3.05) is 5.75 Å². The highest BCUT2D eigenvalue weighted by molar-refractivity contribution is 7.99. The van der Waals surface area contributed by atoms with Crippen molar-refractivity contribution >= 4 is 17.7 Å². The Morgan fingerprint density at radius 2 is 1.93 bits per heavy atom. The molecule has 4 rings (SSSR count). The minimum Gasteiger partial charge on any atom is -0.353 e. The molecule has 28 heavy (non-hydrogen) atoms. The number of aromatic nitrogens is 4. The molecule has 1 saturated carbocycles. The molecule has 1 aromatic carbocycles.